The molecule has 1 saturated carbocycles. The van der Waals surface area contributed by atoms with Gasteiger partial charge in [-0.2, -0.15) is 13.2 Å². The number of halogens is 3. The number of alkyl halides is 3. The summed E-state index contributed by atoms with van der Waals surface area (Å²) in [5.74, 6) is -0.438. The summed E-state index contributed by atoms with van der Waals surface area (Å²) in [6.07, 6.45) is -2.53. The maximum absolute atomic E-state index is 12.3. The zero-order valence-electron chi connectivity index (χ0n) is 10.9. The number of nitrogens with zero attached hydrogens (tertiary/aromatic N) is 3. The number of hydrogen-bond donors (Lipinski definition) is 0. The van der Waals surface area contributed by atoms with Crippen LogP contribution in [-0.4, -0.2) is 52.7 Å². The second-order valence-corrected chi connectivity index (χ2v) is 5.24. The molecule has 21 heavy (non-hydrogen) atoms. The van der Waals surface area contributed by atoms with Gasteiger partial charge in [-0.1, -0.05) is 5.16 Å². The number of amides is 2. The van der Waals surface area contributed by atoms with Crippen molar-refractivity contribution in [2.24, 2.45) is 0 Å². The van der Waals surface area contributed by atoms with Gasteiger partial charge >= 0.3 is 6.18 Å². The fourth-order valence-corrected chi connectivity index (χ4v) is 2.20. The van der Waals surface area contributed by atoms with Gasteiger partial charge in [-0.3, -0.25) is 9.59 Å². The van der Waals surface area contributed by atoms with Crippen molar-refractivity contribution >= 4 is 11.8 Å². The van der Waals surface area contributed by atoms with E-state index in [1.165, 1.54) is 6.07 Å². The third kappa shape index (κ3) is 3.01. The van der Waals surface area contributed by atoms with Gasteiger partial charge in [0.2, 0.25) is 5.91 Å². The van der Waals surface area contributed by atoms with E-state index in [0.29, 0.717) is 10.7 Å². The minimum absolute atomic E-state index is 0.0264. The molecule has 0 radical (unpaired) electrons. The maximum atomic E-state index is 12.3. The van der Waals surface area contributed by atoms with Gasteiger partial charge < -0.3 is 14.3 Å². The van der Waals surface area contributed by atoms with Crippen LogP contribution in [0.4, 0.5) is 13.2 Å². The zero-order chi connectivity index (χ0) is 15.2. The molecule has 0 N–H and O–H groups in total. The summed E-state index contributed by atoms with van der Waals surface area (Å²) < 4.78 is 41.9. The van der Waals surface area contributed by atoms with Gasteiger partial charge in [0.25, 0.3) is 5.91 Å². The normalized spacial score (nSPS) is 19.5. The summed E-state index contributed by atoms with van der Waals surface area (Å²) in [6.45, 7) is -2.12. The van der Waals surface area contributed by atoms with Gasteiger partial charge in [-0.05, 0) is 12.8 Å². The lowest BCUT2D eigenvalue weighted by Crippen LogP contribution is -2.37. The molecule has 2 heterocycles. The minimum Gasteiger partial charge on any atom is -0.360 e. The third-order valence-electron chi connectivity index (χ3n) is 3.40. The summed E-state index contributed by atoms with van der Waals surface area (Å²) >= 11 is 0. The number of hydrogen-bond acceptors (Lipinski definition) is 4. The highest BCUT2D eigenvalue weighted by molar-refractivity contribution is 5.96. The van der Waals surface area contributed by atoms with E-state index in [1.807, 2.05) is 0 Å². The molecule has 0 unspecified atom stereocenters. The van der Waals surface area contributed by atoms with Crippen LogP contribution in [0.3, 0.4) is 0 Å². The average Bonchev–Trinajstić information content (AvgIpc) is 3.01. The molecule has 2 fully saturated rings. The predicted molar refractivity (Wildman–Crippen MR) is 62.1 cm³/mol. The van der Waals surface area contributed by atoms with Gasteiger partial charge in [0.05, 0.1) is 6.67 Å². The van der Waals surface area contributed by atoms with Gasteiger partial charge in [0.15, 0.2) is 5.69 Å². The molecule has 1 saturated heterocycles. The average molecular weight is 303 g/mol. The van der Waals surface area contributed by atoms with Crippen LogP contribution in [0.15, 0.2) is 10.6 Å². The Labute approximate surface area is 117 Å². The maximum Gasteiger partial charge on any atom is 0.406 e. The summed E-state index contributed by atoms with van der Waals surface area (Å²) in [4.78, 5) is 25.2. The number of carbonyl (C=O) groups is 2. The lowest BCUT2D eigenvalue weighted by molar-refractivity contribution is -0.157. The minimum atomic E-state index is -4.48. The molecule has 6 nitrogen and oxygen atoms in total. The first kappa shape index (κ1) is 13.9. The van der Waals surface area contributed by atoms with Crippen molar-refractivity contribution in [3.05, 3.63) is 17.5 Å². The van der Waals surface area contributed by atoms with E-state index in [1.54, 1.807) is 0 Å². The first-order chi connectivity index (χ1) is 9.83. The number of aromatic nitrogens is 1. The van der Waals surface area contributed by atoms with E-state index in [-0.39, 0.29) is 24.8 Å². The molecule has 1 aliphatic carbocycles. The Morgan fingerprint density at radius 2 is 2.14 bits per heavy atom. The lowest BCUT2D eigenvalue weighted by Gasteiger charge is -2.18. The third-order valence-corrected chi connectivity index (χ3v) is 3.40. The first-order valence-electron chi connectivity index (χ1n) is 6.44. The molecule has 0 atom stereocenters. The zero-order valence-corrected chi connectivity index (χ0v) is 10.9. The van der Waals surface area contributed by atoms with Crippen LogP contribution in [0.25, 0.3) is 0 Å². The fourth-order valence-electron chi connectivity index (χ4n) is 2.20. The van der Waals surface area contributed by atoms with E-state index in [2.05, 4.69) is 5.16 Å². The standard InChI is InChI=1S/C12H12F3N3O3/c13-12(14,15)5-18-6-17(4-10(18)19)11(20)8-3-9(21-16-8)7-1-2-7/h3,7H,1-2,4-6H2. The van der Waals surface area contributed by atoms with Crippen LogP contribution in [-0.2, 0) is 4.79 Å². The molecule has 1 aromatic heterocycles. The Balaban J connectivity index is 1.66. The van der Waals surface area contributed by atoms with Gasteiger partial charge in [0.1, 0.15) is 18.8 Å². The highest BCUT2D eigenvalue weighted by Crippen LogP contribution is 2.40. The van der Waals surface area contributed by atoms with Crippen molar-refractivity contribution in [2.45, 2.75) is 24.9 Å². The van der Waals surface area contributed by atoms with Crippen LogP contribution >= 0.6 is 0 Å². The van der Waals surface area contributed by atoms with Crippen LogP contribution in [0.2, 0.25) is 0 Å². The van der Waals surface area contributed by atoms with Crippen LogP contribution < -0.4 is 0 Å². The SMILES string of the molecule is O=C1CN(C(=O)c2cc(C3CC3)on2)CN1CC(F)(F)F. The Bertz CT molecular complexity index is 580. The second-order valence-electron chi connectivity index (χ2n) is 5.24. The van der Waals surface area contributed by atoms with Crippen molar-refractivity contribution < 1.29 is 27.3 Å². The number of rotatable bonds is 3. The topological polar surface area (TPSA) is 66.7 Å². The van der Waals surface area contributed by atoms with Crippen molar-refractivity contribution in [1.29, 1.82) is 0 Å². The van der Waals surface area contributed by atoms with E-state index in [0.717, 1.165) is 17.7 Å². The van der Waals surface area contributed by atoms with E-state index < -0.39 is 24.5 Å². The molecule has 0 bridgehead atoms. The van der Waals surface area contributed by atoms with Crippen LogP contribution in [0.1, 0.15) is 35.0 Å². The quantitative estimate of drug-likeness (QED) is 0.845. The van der Waals surface area contributed by atoms with Crippen molar-refractivity contribution in [3.8, 4) is 0 Å². The fraction of sp³-hybridized carbons (Fsp3) is 0.583. The van der Waals surface area contributed by atoms with E-state index >= 15 is 0 Å². The lowest BCUT2D eigenvalue weighted by atomic mass is 10.2. The first-order valence-corrected chi connectivity index (χ1v) is 6.44. The molecule has 9 heteroatoms. The number of carbonyl (C=O) groups excluding carboxylic acids is 2. The van der Waals surface area contributed by atoms with Gasteiger partial charge in [-0.25, -0.2) is 0 Å². The van der Waals surface area contributed by atoms with Crippen molar-refractivity contribution in [1.82, 2.24) is 15.0 Å². The largest absolute Gasteiger partial charge is 0.406 e. The highest BCUT2D eigenvalue weighted by atomic mass is 19.4. The smallest absolute Gasteiger partial charge is 0.360 e. The molecule has 0 spiro atoms. The molecule has 2 aliphatic rings. The molecular formula is C12H12F3N3O3. The molecule has 2 amide bonds. The van der Waals surface area contributed by atoms with Crippen molar-refractivity contribution in [2.75, 3.05) is 19.8 Å². The Kier molecular flexibility index (Phi) is 3.14. The second kappa shape index (κ2) is 4.74. The summed E-state index contributed by atoms with van der Waals surface area (Å²) in [7, 11) is 0. The summed E-state index contributed by atoms with van der Waals surface area (Å²) in [5.41, 5.74) is 0.0264. The molecule has 1 aromatic rings. The Morgan fingerprint density at radius 3 is 2.76 bits per heavy atom. The Hall–Kier alpha value is -2.06. The summed E-state index contributed by atoms with van der Waals surface area (Å²) in [5, 5.41) is 3.63. The van der Waals surface area contributed by atoms with Gasteiger partial charge in [-0.15, -0.1) is 0 Å². The van der Waals surface area contributed by atoms with E-state index in [4.69, 9.17) is 4.52 Å². The molecular weight excluding hydrogens is 291 g/mol. The molecule has 114 valence electrons. The van der Waals surface area contributed by atoms with Crippen molar-refractivity contribution in [3.63, 3.8) is 0 Å². The molecule has 1 aliphatic heterocycles. The summed E-state index contributed by atoms with van der Waals surface area (Å²) in [6, 6.07) is 1.50. The monoisotopic (exact) mass is 303 g/mol. The molecule has 0 aromatic carbocycles. The highest BCUT2D eigenvalue weighted by Gasteiger charge is 2.39. The van der Waals surface area contributed by atoms with E-state index in [9.17, 15) is 22.8 Å². The van der Waals surface area contributed by atoms with Crippen LogP contribution in [0.5, 0.6) is 0 Å². The van der Waals surface area contributed by atoms with Crippen LogP contribution in [0, 0.1) is 0 Å². The van der Waals surface area contributed by atoms with Gasteiger partial charge in [0, 0.05) is 12.0 Å². The predicted octanol–water partition coefficient (Wildman–Crippen LogP) is 1.36. The Morgan fingerprint density at radius 1 is 1.43 bits per heavy atom. The molecule has 3 rings (SSSR count).